The molecule has 1 aliphatic heterocycles. The van der Waals surface area contributed by atoms with Crippen molar-refractivity contribution in [3.8, 4) is 0 Å². The van der Waals surface area contributed by atoms with Gasteiger partial charge in [-0.05, 0) is 31.5 Å². The van der Waals surface area contributed by atoms with E-state index in [1.807, 2.05) is 0 Å². The summed E-state index contributed by atoms with van der Waals surface area (Å²) in [7, 11) is 0. The van der Waals surface area contributed by atoms with Gasteiger partial charge >= 0.3 is 12.3 Å². The summed E-state index contributed by atoms with van der Waals surface area (Å²) in [6.07, 6.45) is -5.69. The molecule has 18 heavy (non-hydrogen) atoms. The largest absolute Gasteiger partial charge is 0.439 e. The van der Waals surface area contributed by atoms with Gasteiger partial charge in [0.05, 0.1) is 11.6 Å². The number of benzene rings is 1. The molecule has 2 rings (SSSR count). The van der Waals surface area contributed by atoms with Crippen LogP contribution in [-0.4, -0.2) is 12.1 Å². The number of carbonyl (C=O) groups is 1. The van der Waals surface area contributed by atoms with Crippen LogP contribution in [0.25, 0.3) is 0 Å². The summed E-state index contributed by atoms with van der Waals surface area (Å²) in [6, 6.07) is 3.34. The van der Waals surface area contributed by atoms with Gasteiger partial charge in [0.25, 0.3) is 0 Å². The molecule has 1 heterocycles. The predicted octanol–water partition coefficient (Wildman–Crippen LogP) is 3.18. The maximum Gasteiger partial charge on any atom is 0.416 e. The number of cyclic esters (lactones) is 1. The van der Waals surface area contributed by atoms with Gasteiger partial charge in [-0.2, -0.15) is 13.2 Å². The van der Waals surface area contributed by atoms with E-state index in [1.165, 1.54) is 0 Å². The molecule has 2 atom stereocenters. The molecular weight excluding hydrogens is 247 g/mol. The fourth-order valence-corrected chi connectivity index (χ4v) is 2.01. The predicted molar refractivity (Wildman–Crippen MR) is 58.0 cm³/mol. The Balaban J connectivity index is 2.40. The highest BCUT2D eigenvalue weighted by atomic mass is 19.4. The summed E-state index contributed by atoms with van der Waals surface area (Å²) in [5.74, 6) is 0. The number of nitrogens with one attached hydrogen (secondary N) is 1. The molecule has 6 heteroatoms. The van der Waals surface area contributed by atoms with E-state index in [1.54, 1.807) is 19.9 Å². The van der Waals surface area contributed by atoms with Gasteiger partial charge in [-0.3, -0.25) is 0 Å². The quantitative estimate of drug-likeness (QED) is 0.841. The average Bonchev–Trinajstić information content (AvgIpc) is 2.55. The topological polar surface area (TPSA) is 38.3 Å². The van der Waals surface area contributed by atoms with Crippen LogP contribution < -0.4 is 5.32 Å². The number of amides is 1. The lowest BCUT2D eigenvalue weighted by molar-refractivity contribution is -0.137. The van der Waals surface area contributed by atoms with Crippen molar-refractivity contribution in [1.82, 2.24) is 5.32 Å². The lowest BCUT2D eigenvalue weighted by Gasteiger charge is -2.16. The molecule has 0 radical (unpaired) electrons. The number of alkyl carbamates (subject to hydrolysis) is 1. The number of hydrogen-bond acceptors (Lipinski definition) is 2. The molecule has 1 aromatic carbocycles. The highest BCUT2D eigenvalue weighted by molar-refractivity contribution is 5.70. The highest BCUT2D eigenvalue weighted by Gasteiger charge is 2.35. The van der Waals surface area contributed by atoms with E-state index in [9.17, 15) is 18.0 Å². The molecule has 1 aromatic rings. The van der Waals surface area contributed by atoms with Crippen molar-refractivity contribution < 1.29 is 22.7 Å². The SMILES string of the molecule is Cc1cc([C@H]2OC(=O)N[C@H]2C)cc(C(F)(F)F)c1. The van der Waals surface area contributed by atoms with Crippen LogP contribution in [0.4, 0.5) is 18.0 Å². The minimum Gasteiger partial charge on any atom is -0.439 e. The summed E-state index contributed by atoms with van der Waals surface area (Å²) in [4.78, 5) is 11.0. The molecule has 0 bridgehead atoms. The average molecular weight is 259 g/mol. The molecule has 1 saturated heterocycles. The molecule has 1 N–H and O–H groups in total. The summed E-state index contributed by atoms with van der Waals surface area (Å²) in [5.41, 5.74) is 0.107. The van der Waals surface area contributed by atoms with Crippen molar-refractivity contribution in [1.29, 1.82) is 0 Å². The standard InChI is InChI=1S/C12H12F3NO2/c1-6-3-8(5-9(4-6)12(13,14)15)10-7(2)16-11(17)18-10/h3-5,7,10H,1-2H3,(H,16,17)/t7-,10-/m0/s1. The van der Waals surface area contributed by atoms with Gasteiger partial charge in [-0.25, -0.2) is 4.79 Å². The Morgan fingerprint density at radius 2 is 1.94 bits per heavy atom. The molecule has 0 aliphatic carbocycles. The number of aryl methyl sites for hydroxylation is 1. The minimum atomic E-state index is -4.40. The van der Waals surface area contributed by atoms with Gasteiger partial charge in [0.1, 0.15) is 6.10 Å². The van der Waals surface area contributed by atoms with Gasteiger partial charge in [0.2, 0.25) is 0 Å². The minimum absolute atomic E-state index is 0.347. The summed E-state index contributed by atoms with van der Waals surface area (Å²) in [5, 5.41) is 2.50. The third kappa shape index (κ3) is 2.42. The van der Waals surface area contributed by atoms with E-state index >= 15 is 0 Å². The van der Waals surface area contributed by atoms with E-state index in [4.69, 9.17) is 4.74 Å². The number of ether oxygens (including phenoxy) is 1. The molecule has 1 aliphatic rings. The first-order valence-electron chi connectivity index (χ1n) is 5.43. The van der Waals surface area contributed by atoms with Crippen LogP contribution >= 0.6 is 0 Å². The van der Waals surface area contributed by atoms with Gasteiger partial charge in [0, 0.05) is 0 Å². The van der Waals surface area contributed by atoms with Crippen LogP contribution in [0.3, 0.4) is 0 Å². The number of halogens is 3. The van der Waals surface area contributed by atoms with E-state index in [-0.39, 0.29) is 6.04 Å². The van der Waals surface area contributed by atoms with Crippen molar-refractivity contribution in [2.24, 2.45) is 0 Å². The van der Waals surface area contributed by atoms with Crippen LogP contribution in [0, 0.1) is 6.92 Å². The Bertz CT molecular complexity index is 485. The van der Waals surface area contributed by atoms with E-state index < -0.39 is 23.9 Å². The number of alkyl halides is 3. The summed E-state index contributed by atoms with van der Waals surface area (Å²) < 4.78 is 43.0. The first kappa shape index (κ1) is 12.7. The lowest BCUT2D eigenvalue weighted by Crippen LogP contribution is -2.24. The van der Waals surface area contributed by atoms with Crippen molar-refractivity contribution in [2.75, 3.05) is 0 Å². The zero-order valence-corrected chi connectivity index (χ0v) is 9.84. The van der Waals surface area contributed by atoms with Crippen LogP contribution in [-0.2, 0) is 10.9 Å². The normalized spacial score (nSPS) is 23.7. The van der Waals surface area contributed by atoms with Crippen molar-refractivity contribution in [3.63, 3.8) is 0 Å². The van der Waals surface area contributed by atoms with E-state index in [0.29, 0.717) is 11.1 Å². The maximum atomic E-state index is 12.7. The van der Waals surface area contributed by atoms with Crippen LogP contribution in [0.15, 0.2) is 18.2 Å². The van der Waals surface area contributed by atoms with Crippen molar-refractivity contribution in [2.45, 2.75) is 32.2 Å². The third-order valence-corrected chi connectivity index (χ3v) is 2.79. The second-order valence-corrected chi connectivity index (χ2v) is 4.39. The monoisotopic (exact) mass is 259 g/mol. The van der Waals surface area contributed by atoms with E-state index in [2.05, 4.69) is 5.32 Å². The van der Waals surface area contributed by atoms with E-state index in [0.717, 1.165) is 12.1 Å². The number of rotatable bonds is 1. The molecule has 0 unspecified atom stereocenters. The molecule has 0 aromatic heterocycles. The molecule has 1 amide bonds. The second-order valence-electron chi connectivity index (χ2n) is 4.39. The van der Waals surface area contributed by atoms with Crippen LogP contribution in [0.2, 0.25) is 0 Å². The lowest BCUT2D eigenvalue weighted by atomic mass is 9.99. The highest BCUT2D eigenvalue weighted by Crippen LogP contribution is 2.34. The number of carbonyl (C=O) groups excluding carboxylic acids is 1. The Morgan fingerprint density at radius 3 is 2.44 bits per heavy atom. The Morgan fingerprint density at radius 1 is 1.28 bits per heavy atom. The molecule has 1 fully saturated rings. The molecule has 0 saturated carbocycles. The number of hydrogen-bond donors (Lipinski definition) is 1. The smallest absolute Gasteiger partial charge is 0.416 e. The van der Waals surface area contributed by atoms with Gasteiger partial charge in [0.15, 0.2) is 0 Å². The maximum absolute atomic E-state index is 12.7. The molecule has 3 nitrogen and oxygen atoms in total. The van der Waals surface area contributed by atoms with Crippen LogP contribution in [0.5, 0.6) is 0 Å². The third-order valence-electron chi connectivity index (χ3n) is 2.79. The first-order chi connectivity index (χ1) is 8.27. The summed E-state index contributed by atoms with van der Waals surface area (Å²) in [6.45, 7) is 3.26. The zero-order chi connectivity index (χ0) is 13.5. The van der Waals surface area contributed by atoms with Gasteiger partial charge in [-0.15, -0.1) is 0 Å². The van der Waals surface area contributed by atoms with Crippen LogP contribution in [0.1, 0.15) is 29.7 Å². The van der Waals surface area contributed by atoms with Crippen molar-refractivity contribution in [3.05, 3.63) is 34.9 Å². The second kappa shape index (κ2) is 4.19. The van der Waals surface area contributed by atoms with Gasteiger partial charge in [-0.1, -0.05) is 11.6 Å². The molecule has 98 valence electrons. The Labute approximate surface area is 102 Å². The fraction of sp³-hybridized carbons (Fsp3) is 0.417. The summed E-state index contributed by atoms with van der Waals surface area (Å²) >= 11 is 0. The molecule has 0 spiro atoms. The zero-order valence-electron chi connectivity index (χ0n) is 9.84. The molecular formula is C12H12F3NO2. The Kier molecular flexibility index (Phi) is 2.96. The Hall–Kier alpha value is -1.72. The van der Waals surface area contributed by atoms with Crippen molar-refractivity contribution >= 4 is 6.09 Å². The first-order valence-corrected chi connectivity index (χ1v) is 5.43. The van der Waals surface area contributed by atoms with Gasteiger partial charge < -0.3 is 10.1 Å². The fourth-order valence-electron chi connectivity index (χ4n) is 2.01.